The summed E-state index contributed by atoms with van der Waals surface area (Å²) < 4.78 is 8.36. The highest BCUT2D eigenvalue weighted by molar-refractivity contribution is 6.30. The first-order valence-electron chi connectivity index (χ1n) is 9.32. The second-order valence-corrected chi connectivity index (χ2v) is 7.09. The highest BCUT2D eigenvalue weighted by atomic mass is 35.5. The number of ether oxygens (including phenoxy) is 1. The minimum atomic E-state index is -0.217. The van der Waals surface area contributed by atoms with Crippen molar-refractivity contribution < 1.29 is 9.53 Å². The molecule has 4 rings (SSSR count). The minimum absolute atomic E-state index is 0.181. The molecule has 2 aromatic heterocycles. The van der Waals surface area contributed by atoms with E-state index in [1.807, 2.05) is 24.3 Å². The highest BCUT2D eigenvalue weighted by Gasteiger charge is 2.10. The zero-order valence-corrected chi connectivity index (χ0v) is 17.0. The third-order valence-corrected chi connectivity index (χ3v) is 4.97. The lowest BCUT2D eigenvalue weighted by atomic mass is 10.1. The summed E-state index contributed by atoms with van der Waals surface area (Å²) in [6, 6.07) is 15.9. The highest BCUT2D eigenvalue weighted by Crippen LogP contribution is 2.23. The summed E-state index contributed by atoms with van der Waals surface area (Å²) in [4.78, 5) is 25.0. The molecule has 0 unspecified atom stereocenters. The predicted molar refractivity (Wildman–Crippen MR) is 115 cm³/mol. The summed E-state index contributed by atoms with van der Waals surface area (Å²) in [7, 11) is 1.60. The predicted octanol–water partition coefficient (Wildman–Crippen LogP) is 3.26. The van der Waals surface area contributed by atoms with E-state index in [0.717, 1.165) is 11.3 Å². The van der Waals surface area contributed by atoms with Crippen LogP contribution in [-0.2, 0) is 6.54 Å². The number of halogens is 1. The topological polar surface area (TPSA) is 77.6 Å². The summed E-state index contributed by atoms with van der Waals surface area (Å²) in [6.07, 6.45) is 3.38. The van der Waals surface area contributed by atoms with Crippen molar-refractivity contribution in [2.45, 2.75) is 6.54 Å². The Hall–Kier alpha value is -3.58. The first-order valence-corrected chi connectivity index (χ1v) is 9.70. The van der Waals surface area contributed by atoms with Gasteiger partial charge in [0.05, 0.1) is 12.8 Å². The van der Waals surface area contributed by atoms with Gasteiger partial charge in [-0.2, -0.15) is 5.10 Å². The number of nitrogens with one attached hydrogen (secondary N) is 1. The molecule has 8 heteroatoms. The molecule has 152 valence electrons. The Balaban J connectivity index is 1.50. The quantitative estimate of drug-likeness (QED) is 0.517. The van der Waals surface area contributed by atoms with Crippen LogP contribution in [0.3, 0.4) is 0 Å². The second-order valence-electron chi connectivity index (χ2n) is 6.65. The largest absolute Gasteiger partial charge is 0.497 e. The van der Waals surface area contributed by atoms with Gasteiger partial charge in [0.2, 0.25) is 0 Å². The van der Waals surface area contributed by atoms with Crippen molar-refractivity contribution in [3.63, 3.8) is 0 Å². The molecule has 2 heterocycles. The average molecular weight is 423 g/mol. The Labute approximate surface area is 177 Å². The van der Waals surface area contributed by atoms with Crippen LogP contribution in [0.4, 0.5) is 0 Å². The van der Waals surface area contributed by atoms with Gasteiger partial charge in [-0.1, -0.05) is 23.7 Å². The molecule has 4 aromatic rings. The van der Waals surface area contributed by atoms with Crippen molar-refractivity contribution in [2.24, 2.45) is 0 Å². The van der Waals surface area contributed by atoms with Gasteiger partial charge in [0.25, 0.3) is 11.5 Å². The molecule has 1 amide bonds. The summed E-state index contributed by atoms with van der Waals surface area (Å²) in [5, 5.41) is 7.86. The first kappa shape index (κ1) is 19.7. The van der Waals surface area contributed by atoms with Gasteiger partial charge in [-0.15, -0.1) is 0 Å². The van der Waals surface area contributed by atoms with Gasteiger partial charge in [-0.25, -0.2) is 4.52 Å². The number of nitrogens with zero attached hydrogens (tertiary/aromatic N) is 3. The van der Waals surface area contributed by atoms with E-state index in [-0.39, 0.29) is 11.5 Å². The molecular formula is C22H19ClN4O3. The SMILES string of the molecule is COc1cccc(-c2cc3c(=O)n(CCNC(=O)c4ccc(Cl)cc4)ccn3n2)c1. The number of amides is 1. The number of fused-ring (bicyclic) bond motifs is 1. The molecule has 2 aromatic carbocycles. The molecular weight excluding hydrogens is 404 g/mol. The molecule has 0 saturated heterocycles. The number of methoxy groups -OCH3 is 1. The number of hydrogen-bond donors (Lipinski definition) is 1. The fraction of sp³-hybridized carbons (Fsp3) is 0.136. The van der Waals surface area contributed by atoms with Crippen molar-refractivity contribution in [1.82, 2.24) is 19.5 Å². The maximum Gasteiger partial charge on any atom is 0.276 e. The average Bonchev–Trinajstić information content (AvgIpc) is 3.21. The molecule has 1 N–H and O–H groups in total. The first-order chi connectivity index (χ1) is 14.5. The number of aromatic nitrogens is 3. The summed E-state index contributed by atoms with van der Waals surface area (Å²) >= 11 is 5.84. The van der Waals surface area contributed by atoms with Crippen LogP contribution >= 0.6 is 11.6 Å². The van der Waals surface area contributed by atoms with Gasteiger partial charge in [-0.05, 0) is 42.5 Å². The van der Waals surface area contributed by atoms with Crippen molar-refractivity contribution in [3.8, 4) is 17.0 Å². The third kappa shape index (κ3) is 4.06. The maximum absolute atomic E-state index is 12.8. The fourth-order valence-electron chi connectivity index (χ4n) is 3.12. The Morgan fingerprint density at radius 3 is 2.70 bits per heavy atom. The Morgan fingerprint density at radius 2 is 1.93 bits per heavy atom. The molecule has 0 spiro atoms. The van der Waals surface area contributed by atoms with E-state index in [2.05, 4.69) is 10.4 Å². The lowest BCUT2D eigenvalue weighted by Gasteiger charge is -2.08. The summed E-state index contributed by atoms with van der Waals surface area (Å²) in [5.41, 5.74) is 2.33. The van der Waals surface area contributed by atoms with Gasteiger partial charge in [-0.3, -0.25) is 9.59 Å². The summed E-state index contributed by atoms with van der Waals surface area (Å²) in [5.74, 6) is 0.504. The van der Waals surface area contributed by atoms with Gasteiger partial charge < -0.3 is 14.6 Å². The Morgan fingerprint density at radius 1 is 1.13 bits per heavy atom. The monoisotopic (exact) mass is 422 g/mol. The van der Waals surface area contributed by atoms with Crippen LogP contribution in [0, 0.1) is 0 Å². The van der Waals surface area contributed by atoms with Crippen LogP contribution in [0.1, 0.15) is 10.4 Å². The normalized spacial score (nSPS) is 10.9. The van der Waals surface area contributed by atoms with Crippen molar-refractivity contribution in [2.75, 3.05) is 13.7 Å². The Kier molecular flexibility index (Phi) is 5.54. The van der Waals surface area contributed by atoms with E-state index in [9.17, 15) is 9.59 Å². The van der Waals surface area contributed by atoms with Gasteiger partial charge in [0.15, 0.2) is 0 Å². The lowest BCUT2D eigenvalue weighted by molar-refractivity contribution is 0.0952. The molecule has 0 bridgehead atoms. The van der Waals surface area contributed by atoms with Crippen LogP contribution < -0.4 is 15.6 Å². The Bertz CT molecular complexity index is 1260. The van der Waals surface area contributed by atoms with E-state index in [1.54, 1.807) is 58.9 Å². The second kappa shape index (κ2) is 8.42. The van der Waals surface area contributed by atoms with Crippen LogP contribution in [-0.4, -0.2) is 33.7 Å². The maximum atomic E-state index is 12.8. The van der Waals surface area contributed by atoms with Crippen LogP contribution in [0.2, 0.25) is 5.02 Å². The zero-order valence-electron chi connectivity index (χ0n) is 16.2. The number of rotatable bonds is 6. The molecule has 0 fully saturated rings. The molecule has 0 radical (unpaired) electrons. The number of carbonyl (C=O) groups is 1. The molecule has 0 aliphatic carbocycles. The number of carbonyl (C=O) groups excluding carboxylic acids is 1. The molecule has 30 heavy (non-hydrogen) atoms. The number of hydrogen-bond acceptors (Lipinski definition) is 4. The van der Waals surface area contributed by atoms with E-state index < -0.39 is 0 Å². The van der Waals surface area contributed by atoms with Gasteiger partial charge in [0.1, 0.15) is 11.3 Å². The van der Waals surface area contributed by atoms with Gasteiger partial charge >= 0.3 is 0 Å². The molecule has 0 atom stereocenters. The molecule has 7 nitrogen and oxygen atoms in total. The molecule has 0 saturated carbocycles. The van der Waals surface area contributed by atoms with E-state index in [4.69, 9.17) is 16.3 Å². The van der Waals surface area contributed by atoms with Gasteiger partial charge in [0, 0.05) is 41.6 Å². The molecule has 0 aliphatic heterocycles. The summed E-state index contributed by atoms with van der Waals surface area (Å²) in [6.45, 7) is 0.656. The van der Waals surface area contributed by atoms with Crippen LogP contribution in [0.25, 0.3) is 16.8 Å². The smallest absolute Gasteiger partial charge is 0.276 e. The minimum Gasteiger partial charge on any atom is -0.497 e. The van der Waals surface area contributed by atoms with E-state index >= 15 is 0 Å². The third-order valence-electron chi connectivity index (χ3n) is 4.71. The van der Waals surface area contributed by atoms with Crippen LogP contribution in [0.5, 0.6) is 5.75 Å². The van der Waals surface area contributed by atoms with E-state index in [0.29, 0.717) is 34.9 Å². The fourth-order valence-corrected chi connectivity index (χ4v) is 3.25. The van der Waals surface area contributed by atoms with E-state index in [1.165, 1.54) is 0 Å². The van der Waals surface area contributed by atoms with Crippen LogP contribution in [0.15, 0.2) is 71.8 Å². The molecule has 0 aliphatic rings. The standard InChI is InChI=1S/C22H19ClN4O3/c1-30-18-4-2-3-16(13-18)19-14-20-22(29)26(11-12-27(20)25-19)10-9-24-21(28)15-5-7-17(23)8-6-15/h2-8,11-14H,9-10H2,1H3,(H,24,28). The zero-order chi connectivity index (χ0) is 21.1. The van der Waals surface area contributed by atoms with Crippen molar-refractivity contribution in [1.29, 1.82) is 0 Å². The number of benzene rings is 2. The lowest BCUT2D eigenvalue weighted by Crippen LogP contribution is -2.31. The van der Waals surface area contributed by atoms with Crippen molar-refractivity contribution in [3.05, 3.63) is 87.9 Å². The van der Waals surface area contributed by atoms with Crippen molar-refractivity contribution >= 4 is 23.0 Å².